The molecule has 0 amide bonds. The van der Waals surface area contributed by atoms with Gasteiger partial charge in [-0.2, -0.15) is 13.2 Å². The average Bonchev–Trinajstić information content (AvgIpc) is 3.41. The summed E-state index contributed by atoms with van der Waals surface area (Å²) in [7, 11) is 0. The first-order chi connectivity index (χ1) is 17.3. The maximum absolute atomic E-state index is 14.0. The van der Waals surface area contributed by atoms with Crippen molar-refractivity contribution in [3.05, 3.63) is 70.8 Å². The molecule has 0 bridgehead atoms. The van der Waals surface area contributed by atoms with Gasteiger partial charge in [-0.05, 0) is 81.5 Å². The molecule has 36 heavy (non-hydrogen) atoms. The lowest BCUT2D eigenvalue weighted by molar-refractivity contribution is -0.137. The van der Waals surface area contributed by atoms with Gasteiger partial charge in [0.15, 0.2) is 0 Å². The number of alkyl halides is 3. The monoisotopic (exact) mass is 496 g/mol. The number of halogens is 3. The summed E-state index contributed by atoms with van der Waals surface area (Å²) in [6.45, 7) is 9.60. The van der Waals surface area contributed by atoms with Gasteiger partial charge in [-0.3, -0.25) is 4.99 Å². The Morgan fingerprint density at radius 1 is 1.17 bits per heavy atom. The van der Waals surface area contributed by atoms with Crippen LogP contribution in [0.1, 0.15) is 75.6 Å². The molecule has 3 nitrogen and oxygen atoms in total. The molecule has 0 spiro atoms. The number of ether oxygens (including phenoxy) is 1. The molecule has 1 saturated heterocycles. The topological polar surface area (TPSA) is 33.6 Å². The van der Waals surface area contributed by atoms with E-state index in [4.69, 9.17) is 9.73 Å². The minimum Gasteiger partial charge on any atom is -0.494 e. The van der Waals surface area contributed by atoms with E-state index in [0.29, 0.717) is 29.2 Å². The summed E-state index contributed by atoms with van der Waals surface area (Å²) < 4.78 is 47.7. The highest BCUT2D eigenvalue weighted by atomic mass is 19.4. The first-order valence-corrected chi connectivity index (χ1v) is 12.7. The van der Waals surface area contributed by atoms with Crippen LogP contribution in [0.25, 0.3) is 5.70 Å². The fraction of sp³-hybridized carbons (Fsp3) is 0.433. The van der Waals surface area contributed by atoms with Crippen molar-refractivity contribution in [3.8, 4) is 17.6 Å². The van der Waals surface area contributed by atoms with Crippen LogP contribution in [0, 0.1) is 17.8 Å². The summed E-state index contributed by atoms with van der Waals surface area (Å²) in [6, 6.07) is 11.5. The van der Waals surface area contributed by atoms with E-state index in [9.17, 15) is 13.2 Å². The third-order valence-corrected chi connectivity index (χ3v) is 6.35. The van der Waals surface area contributed by atoms with E-state index >= 15 is 0 Å². The molecule has 1 aliphatic heterocycles. The molecular weight excluding hydrogens is 461 g/mol. The molecule has 192 valence electrons. The SMILES string of the molecule is C/C=C(\N=C(C(C)CC)C1CCCN1)c1ccc(C#Cc2ccc(OCCC)cc2)c(C(F)(F)F)c1. The predicted molar refractivity (Wildman–Crippen MR) is 141 cm³/mol. The van der Waals surface area contributed by atoms with E-state index in [1.165, 1.54) is 12.1 Å². The van der Waals surface area contributed by atoms with Crippen LogP contribution in [0.2, 0.25) is 0 Å². The summed E-state index contributed by atoms with van der Waals surface area (Å²) in [5, 5.41) is 3.48. The molecule has 0 saturated carbocycles. The van der Waals surface area contributed by atoms with Gasteiger partial charge in [0.2, 0.25) is 0 Å². The van der Waals surface area contributed by atoms with Crippen LogP contribution >= 0.6 is 0 Å². The van der Waals surface area contributed by atoms with Crippen molar-refractivity contribution in [2.45, 2.75) is 65.6 Å². The number of nitrogens with zero attached hydrogens (tertiary/aromatic N) is 1. The third-order valence-electron chi connectivity index (χ3n) is 6.35. The molecule has 2 unspecified atom stereocenters. The van der Waals surface area contributed by atoms with Crippen molar-refractivity contribution in [2.24, 2.45) is 10.9 Å². The maximum Gasteiger partial charge on any atom is 0.417 e. The Morgan fingerprint density at radius 3 is 2.50 bits per heavy atom. The number of allylic oxidation sites excluding steroid dienone is 1. The number of hydrogen-bond donors (Lipinski definition) is 1. The second-order valence-corrected chi connectivity index (χ2v) is 9.05. The third kappa shape index (κ3) is 7.24. The first-order valence-electron chi connectivity index (χ1n) is 12.7. The number of hydrogen-bond acceptors (Lipinski definition) is 3. The summed E-state index contributed by atoms with van der Waals surface area (Å²) in [6.07, 6.45) is 1.13. The highest BCUT2D eigenvalue weighted by Crippen LogP contribution is 2.34. The van der Waals surface area contributed by atoms with Gasteiger partial charge in [0, 0.05) is 28.4 Å². The van der Waals surface area contributed by atoms with Gasteiger partial charge in [0.05, 0.1) is 17.9 Å². The zero-order valence-electron chi connectivity index (χ0n) is 21.5. The summed E-state index contributed by atoms with van der Waals surface area (Å²) in [5.74, 6) is 6.53. The molecular formula is C30H35F3N2O. The number of aliphatic imine (C=N–C) groups is 1. The van der Waals surface area contributed by atoms with E-state index in [1.54, 1.807) is 36.4 Å². The van der Waals surface area contributed by atoms with E-state index in [0.717, 1.165) is 37.9 Å². The average molecular weight is 497 g/mol. The fourth-order valence-corrected chi connectivity index (χ4v) is 4.15. The maximum atomic E-state index is 14.0. The molecule has 0 radical (unpaired) electrons. The van der Waals surface area contributed by atoms with E-state index in [-0.39, 0.29) is 17.5 Å². The van der Waals surface area contributed by atoms with Gasteiger partial charge >= 0.3 is 6.18 Å². The van der Waals surface area contributed by atoms with Crippen molar-refractivity contribution in [1.29, 1.82) is 0 Å². The lowest BCUT2D eigenvalue weighted by Gasteiger charge is -2.21. The minimum absolute atomic E-state index is 0.0587. The number of benzene rings is 2. The molecule has 1 heterocycles. The smallest absolute Gasteiger partial charge is 0.417 e. The second-order valence-electron chi connectivity index (χ2n) is 9.05. The Balaban J connectivity index is 1.94. The van der Waals surface area contributed by atoms with Crippen molar-refractivity contribution >= 4 is 11.4 Å². The van der Waals surface area contributed by atoms with Crippen molar-refractivity contribution in [1.82, 2.24) is 5.32 Å². The zero-order valence-corrected chi connectivity index (χ0v) is 21.5. The van der Waals surface area contributed by atoms with Crippen LogP contribution in [0.5, 0.6) is 5.75 Å². The van der Waals surface area contributed by atoms with Crippen LogP contribution in [-0.2, 0) is 6.18 Å². The highest BCUT2D eigenvalue weighted by Gasteiger charge is 2.34. The lowest BCUT2D eigenvalue weighted by Crippen LogP contribution is -2.34. The normalized spacial score (nSPS) is 17.5. The number of nitrogens with one attached hydrogen (secondary N) is 1. The van der Waals surface area contributed by atoms with Crippen LogP contribution in [0.3, 0.4) is 0 Å². The Hall–Kier alpha value is -3.04. The summed E-state index contributed by atoms with van der Waals surface area (Å²) in [5.41, 5.74) is 1.80. The molecule has 2 aromatic rings. The lowest BCUT2D eigenvalue weighted by atomic mass is 9.94. The molecule has 1 fully saturated rings. The minimum atomic E-state index is -4.53. The van der Waals surface area contributed by atoms with E-state index in [2.05, 4.69) is 31.0 Å². The predicted octanol–water partition coefficient (Wildman–Crippen LogP) is 7.49. The van der Waals surface area contributed by atoms with E-state index in [1.807, 2.05) is 13.8 Å². The summed E-state index contributed by atoms with van der Waals surface area (Å²) in [4.78, 5) is 4.89. The standard InChI is InChI=1S/C30H35F3N2O/c1-5-19-36-25-16-11-22(12-17-25)10-13-23-14-15-24(20-26(23)30(31,32)33)27(7-3)35-29(21(4)6-2)28-9-8-18-34-28/h7,11-12,14-17,20-21,28,34H,5-6,8-9,18-19H2,1-4H3/b27-7-,35-29?. The second kappa shape index (κ2) is 12.8. The first kappa shape index (κ1) is 27.5. The van der Waals surface area contributed by atoms with Gasteiger partial charge in [-0.25, -0.2) is 0 Å². The molecule has 3 rings (SSSR count). The Labute approximate surface area is 212 Å². The molecule has 2 atom stereocenters. The van der Waals surface area contributed by atoms with Gasteiger partial charge in [0.25, 0.3) is 0 Å². The Bertz CT molecular complexity index is 1130. The van der Waals surface area contributed by atoms with Gasteiger partial charge in [-0.1, -0.05) is 44.8 Å². The molecule has 2 aromatic carbocycles. The molecule has 1 aliphatic rings. The summed E-state index contributed by atoms with van der Waals surface area (Å²) >= 11 is 0. The van der Waals surface area contributed by atoms with Crippen LogP contribution < -0.4 is 10.1 Å². The molecule has 0 aliphatic carbocycles. The van der Waals surface area contributed by atoms with Gasteiger partial charge < -0.3 is 10.1 Å². The van der Waals surface area contributed by atoms with Crippen molar-refractivity contribution in [2.75, 3.05) is 13.2 Å². The van der Waals surface area contributed by atoms with E-state index < -0.39 is 11.7 Å². The molecule has 6 heteroatoms. The molecule has 0 aromatic heterocycles. The van der Waals surface area contributed by atoms with Crippen LogP contribution in [-0.4, -0.2) is 24.9 Å². The van der Waals surface area contributed by atoms with Crippen LogP contribution in [0.4, 0.5) is 13.2 Å². The largest absolute Gasteiger partial charge is 0.494 e. The Kier molecular flexibility index (Phi) is 9.78. The zero-order chi connectivity index (χ0) is 26.1. The Morgan fingerprint density at radius 2 is 1.92 bits per heavy atom. The fourth-order valence-electron chi connectivity index (χ4n) is 4.15. The molecule has 1 N–H and O–H groups in total. The van der Waals surface area contributed by atoms with Gasteiger partial charge in [0.1, 0.15) is 5.75 Å². The van der Waals surface area contributed by atoms with Crippen molar-refractivity contribution in [3.63, 3.8) is 0 Å². The van der Waals surface area contributed by atoms with Crippen LogP contribution in [0.15, 0.2) is 53.5 Å². The van der Waals surface area contributed by atoms with Gasteiger partial charge in [-0.15, -0.1) is 0 Å². The number of rotatable bonds is 8. The quantitative estimate of drug-likeness (QED) is 0.303. The van der Waals surface area contributed by atoms with Crippen molar-refractivity contribution < 1.29 is 17.9 Å². The highest BCUT2D eigenvalue weighted by molar-refractivity contribution is 5.95.